The van der Waals surface area contributed by atoms with Crippen molar-refractivity contribution in [1.82, 2.24) is 19.7 Å². The maximum absolute atomic E-state index is 12.5. The molecule has 0 aliphatic carbocycles. The topological polar surface area (TPSA) is 113 Å². The number of nitrogens with one attached hydrogen (secondary N) is 2. The zero-order valence-electron chi connectivity index (χ0n) is 16.0. The number of alkyl halides is 5. The molecule has 0 aliphatic rings. The highest BCUT2D eigenvalue weighted by Crippen LogP contribution is 2.19. The first kappa shape index (κ1) is 23.5. The molecule has 166 valence electrons. The Morgan fingerprint density at radius 2 is 1.74 bits per heavy atom. The molecule has 0 bridgehead atoms. The van der Waals surface area contributed by atoms with Crippen molar-refractivity contribution >= 4 is 17.6 Å². The van der Waals surface area contributed by atoms with E-state index in [1.54, 1.807) is 18.5 Å². The van der Waals surface area contributed by atoms with Crippen LogP contribution in [0.3, 0.4) is 0 Å². The van der Waals surface area contributed by atoms with Crippen molar-refractivity contribution in [2.75, 3.05) is 5.32 Å². The lowest BCUT2D eigenvalue weighted by atomic mass is 10.2. The van der Waals surface area contributed by atoms with Gasteiger partial charge >= 0.3 is 12.1 Å². The molecule has 0 atom stereocenters. The Bertz CT molecular complexity index is 1060. The summed E-state index contributed by atoms with van der Waals surface area (Å²) in [6.45, 7) is 3.90. The highest BCUT2D eigenvalue weighted by atomic mass is 19.4. The summed E-state index contributed by atoms with van der Waals surface area (Å²) in [4.78, 5) is 25.1. The van der Waals surface area contributed by atoms with E-state index in [2.05, 4.69) is 20.5 Å². The first-order valence-corrected chi connectivity index (χ1v) is 8.46. The highest BCUT2D eigenvalue weighted by molar-refractivity contribution is 6.02. The van der Waals surface area contributed by atoms with Crippen LogP contribution in [0.1, 0.15) is 34.0 Å². The van der Waals surface area contributed by atoms with E-state index in [9.17, 15) is 26.7 Å². The van der Waals surface area contributed by atoms with Crippen LogP contribution < -0.4 is 5.32 Å². The number of benzene rings is 1. The Balaban J connectivity index is 0.000000423. The van der Waals surface area contributed by atoms with Crippen molar-refractivity contribution in [1.29, 1.82) is 0 Å². The molecule has 0 saturated carbocycles. The molecule has 2 heterocycles. The van der Waals surface area contributed by atoms with Crippen LogP contribution in [0.15, 0.2) is 36.7 Å². The Hall–Kier alpha value is -3.77. The number of aromatic nitrogens is 4. The highest BCUT2D eigenvalue weighted by Gasteiger charge is 2.38. The molecular formula is C18H16F5N5O3. The summed E-state index contributed by atoms with van der Waals surface area (Å²) in [6, 6.07) is 8.15. The summed E-state index contributed by atoms with van der Waals surface area (Å²) in [7, 11) is 0. The number of amides is 1. The normalized spacial score (nSPS) is 11.1. The van der Waals surface area contributed by atoms with Gasteiger partial charge in [-0.3, -0.25) is 9.89 Å². The second-order valence-corrected chi connectivity index (χ2v) is 6.10. The molecule has 13 heteroatoms. The number of carboxylic acids is 1. The van der Waals surface area contributed by atoms with Crippen LogP contribution in [0.5, 0.6) is 0 Å². The molecule has 0 fully saturated rings. The number of anilines is 1. The second-order valence-electron chi connectivity index (χ2n) is 6.10. The van der Waals surface area contributed by atoms with Gasteiger partial charge in [0.1, 0.15) is 5.69 Å². The largest absolute Gasteiger partial charge is 0.490 e. The molecular weight excluding hydrogens is 429 g/mol. The molecule has 3 rings (SSSR count). The number of imidazole rings is 1. The third kappa shape index (κ3) is 6.10. The van der Waals surface area contributed by atoms with Gasteiger partial charge in [0.15, 0.2) is 5.69 Å². The van der Waals surface area contributed by atoms with Crippen LogP contribution in [-0.4, -0.2) is 42.9 Å². The van der Waals surface area contributed by atoms with Crippen LogP contribution in [0, 0.1) is 13.8 Å². The van der Waals surface area contributed by atoms with Crippen molar-refractivity contribution in [2.45, 2.75) is 26.4 Å². The minimum atomic E-state index is -5.08. The smallest absolute Gasteiger partial charge is 0.475 e. The van der Waals surface area contributed by atoms with E-state index in [0.29, 0.717) is 5.69 Å². The Morgan fingerprint density at radius 3 is 2.16 bits per heavy atom. The van der Waals surface area contributed by atoms with Gasteiger partial charge in [0.25, 0.3) is 12.3 Å². The van der Waals surface area contributed by atoms with Gasteiger partial charge in [0.2, 0.25) is 0 Å². The van der Waals surface area contributed by atoms with E-state index in [1.165, 1.54) is 0 Å². The van der Waals surface area contributed by atoms with E-state index < -0.39 is 24.5 Å². The maximum atomic E-state index is 12.5. The van der Waals surface area contributed by atoms with Gasteiger partial charge in [-0.1, -0.05) is 0 Å². The van der Waals surface area contributed by atoms with Crippen molar-refractivity contribution < 1.29 is 36.6 Å². The van der Waals surface area contributed by atoms with Gasteiger partial charge in [-0.25, -0.2) is 18.6 Å². The van der Waals surface area contributed by atoms with Crippen molar-refractivity contribution in [3.05, 3.63) is 59.4 Å². The number of aromatic amines is 1. The van der Waals surface area contributed by atoms with Crippen molar-refractivity contribution in [3.63, 3.8) is 0 Å². The van der Waals surface area contributed by atoms with Crippen molar-refractivity contribution in [2.24, 2.45) is 0 Å². The molecule has 0 aliphatic heterocycles. The van der Waals surface area contributed by atoms with Gasteiger partial charge in [-0.2, -0.15) is 18.3 Å². The maximum Gasteiger partial charge on any atom is 0.490 e. The number of carboxylic acid groups (broad SMARTS) is 1. The molecule has 0 saturated heterocycles. The predicted molar refractivity (Wildman–Crippen MR) is 98.2 cm³/mol. The molecule has 1 amide bonds. The molecule has 0 unspecified atom stereocenters. The molecule has 2 aromatic heterocycles. The number of aliphatic carboxylic acids is 1. The fourth-order valence-corrected chi connectivity index (χ4v) is 2.22. The second kappa shape index (κ2) is 9.36. The fourth-order valence-electron chi connectivity index (χ4n) is 2.22. The molecule has 1 aromatic carbocycles. The zero-order valence-corrected chi connectivity index (χ0v) is 16.0. The molecule has 8 nitrogen and oxygen atoms in total. The van der Waals surface area contributed by atoms with Crippen LogP contribution in [0.4, 0.5) is 27.6 Å². The predicted octanol–water partition coefficient (Wildman–Crippen LogP) is 4.04. The number of carbonyl (C=O) groups excluding carboxylic acids is 1. The quantitative estimate of drug-likeness (QED) is 0.525. The van der Waals surface area contributed by atoms with Gasteiger partial charge in [0, 0.05) is 17.1 Å². The summed E-state index contributed by atoms with van der Waals surface area (Å²) >= 11 is 0. The summed E-state index contributed by atoms with van der Waals surface area (Å²) in [5.74, 6) is -3.31. The Kier molecular flexibility index (Phi) is 7.10. The van der Waals surface area contributed by atoms with Gasteiger partial charge in [-0.15, -0.1) is 0 Å². The van der Waals surface area contributed by atoms with Crippen LogP contribution >= 0.6 is 0 Å². The number of aryl methyl sites for hydroxylation is 1. The third-order valence-electron chi connectivity index (χ3n) is 3.96. The minimum Gasteiger partial charge on any atom is -0.475 e. The van der Waals surface area contributed by atoms with E-state index >= 15 is 0 Å². The number of hydrogen-bond donors (Lipinski definition) is 3. The number of carbonyl (C=O) groups is 2. The molecule has 0 radical (unpaired) electrons. The van der Waals surface area contributed by atoms with E-state index in [-0.39, 0.29) is 11.4 Å². The lowest BCUT2D eigenvalue weighted by Gasteiger charge is -2.08. The summed E-state index contributed by atoms with van der Waals surface area (Å²) in [5, 5.41) is 15.5. The standard InChI is InChI=1S/C16H15F2N5O.C2HF3O2/c1-9-10(2)23(8-19-9)12-5-3-11(4-6-12)20-16(24)14-7-13(15(17)18)21-22-14;3-2(4,5)1(6)7/h3-8,15H,1-2H3,(H,20,24)(H,21,22);(H,6,7). The minimum absolute atomic E-state index is 0.0875. The monoisotopic (exact) mass is 445 g/mol. The average molecular weight is 445 g/mol. The zero-order chi connectivity index (χ0) is 23.3. The summed E-state index contributed by atoms with van der Waals surface area (Å²) in [5.41, 5.74) is 2.95. The van der Waals surface area contributed by atoms with Crippen molar-refractivity contribution in [3.8, 4) is 5.69 Å². The average Bonchev–Trinajstić information content (AvgIpc) is 3.31. The Morgan fingerprint density at radius 1 is 1.16 bits per heavy atom. The molecule has 3 aromatic rings. The molecule has 3 N–H and O–H groups in total. The lowest BCUT2D eigenvalue weighted by molar-refractivity contribution is -0.192. The van der Waals surface area contributed by atoms with Gasteiger partial charge < -0.3 is 15.0 Å². The van der Waals surface area contributed by atoms with Crippen LogP contribution in [0.2, 0.25) is 0 Å². The number of rotatable bonds is 4. The first-order valence-electron chi connectivity index (χ1n) is 8.46. The molecule has 31 heavy (non-hydrogen) atoms. The van der Waals surface area contributed by atoms with Crippen LogP contribution in [0.25, 0.3) is 5.69 Å². The first-order chi connectivity index (χ1) is 14.4. The lowest BCUT2D eigenvalue weighted by Crippen LogP contribution is -2.21. The number of nitrogens with zero attached hydrogens (tertiary/aromatic N) is 3. The number of halogens is 5. The van der Waals surface area contributed by atoms with E-state index in [1.807, 2.05) is 30.5 Å². The third-order valence-corrected chi connectivity index (χ3v) is 3.96. The SMILES string of the molecule is Cc1ncn(-c2ccc(NC(=O)c3cc(C(F)F)[nH]n3)cc2)c1C.O=C(O)C(F)(F)F. The van der Waals surface area contributed by atoms with Gasteiger partial charge in [-0.05, 0) is 44.2 Å². The van der Waals surface area contributed by atoms with Crippen LogP contribution in [-0.2, 0) is 4.79 Å². The summed E-state index contributed by atoms with van der Waals surface area (Å²) < 4.78 is 58.7. The fraction of sp³-hybridized carbons (Fsp3) is 0.222. The molecule has 0 spiro atoms. The van der Waals surface area contributed by atoms with E-state index in [0.717, 1.165) is 23.1 Å². The summed E-state index contributed by atoms with van der Waals surface area (Å²) in [6.07, 6.45) is -6.05. The van der Waals surface area contributed by atoms with E-state index in [4.69, 9.17) is 9.90 Å². The number of H-pyrrole nitrogens is 1. The number of hydrogen-bond acceptors (Lipinski definition) is 4. The van der Waals surface area contributed by atoms with Gasteiger partial charge in [0.05, 0.1) is 12.0 Å². The Labute approximate surface area is 171 Å².